The lowest BCUT2D eigenvalue weighted by atomic mass is 9.93. The molecule has 0 aromatic rings. The van der Waals surface area contributed by atoms with Crippen molar-refractivity contribution in [3.05, 3.63) is 12.0 Å². The fourth-order valence-electron chi connectivity index (χ4n) is 0.961. The molecule has 0 rings (SSSR count). The Hall–Kier alpha value is -1.47. The number of aliphatic hydroxyl groups is 8. The molecule has 0 amide bonds. The molecule has 0 spiro atoms. The van der Waals surface area contributed by atoms with E-state index >= 15 is 0 Å². The van der Waals surface area contributed by atoms with Gasteiger partial charge in [-0.15, -0.1) is 0 Å². The van der Waals surface area contributed by atoms with Gasteiger partial charge in [-0.3, -0.25) is 0 Å². The van der Waals surface area contributed by atoms with Gasteiger partial charge in [0.25, 0.3) is 5.95 Å². The Kier molecular flexibility index (Phi) is 13.3. The number of aliphatic hydroxyl groups excluding tert-OH is 8. The third-order valence-electron chi connectivity index (χ3n) is 3.12. The van der Waals surface area contributed by atoms with E-state index in [4.69, 9.17) is 46.0 Å². The lowest BCUT2D eigenvalue weighted by Crippen LogP contribution is -2.38. The van der Waals surface area contributed by atoms with Gasteiger partial charge >= 0.3 is 5.97 Å². The van der Waals surface area contributed by atoms with Crippen molar-refractivity contribution in [2.24, 2.45) is 10.8 Å². The van der Waals surface area contributed by atoms with Gasteiger partial charge in [0.05, 0.1) is 57.1 Å². The van der Waals surface area contributed by atoms with Crippen molar-refractivity contribution in [3.8, 4) is 0 Å². The molecule has 24 heavy (non-hydrogen) atoms. The molecule has 0 aromatic carbocycles. The molecule has 11 heteroatoms. The van der Waals surface area contributed by atoms with E-state index in [0.717, 1.165) is 0 Å². The van der Waals surface area contributed by atoms with E-state index in [1.165, 1.54) is 0 Å². The van der Waals surface area contributed by atoms with Crippen LogP contribution in [0.3, 0.4) is 0 Å². The number of hydrogen-bond acceptors (Lipinski definition) is 10. The van der Waals surface area contributed by atoms with Crippen molar-refractivity contribution >= 4 is 5.97 Å². The first kappa shape index (κ1) is 24.8. The van der Waals surface area contributed by atoms with E-state index in [0.29, 0.717) is 6.08 Å². The SMILES string of the molecule is O=C(O)C=C(O)OCC(CO)(CO)CO.OCC(CO)(CO)CO. The van der Waals surface area contributed by atoms with E-state index in [2.05, 4.69) is 4.74 Å². The summed E-state index contributed by atoms with van der Waals surface area (Å²) in [5, 5.41) is 77.7. The predicted octanol–water partition coefficient (Wildman–Crippen LogP) is -3.61. The number of rotatable bonds is 11. The summed E-state index contributed by atoms with van der Waals surface area (Å²) in [7, 11) is 0. The van der Waals surface area contributed by atoms with Gasteiger partial charge in [-0.2, -0.15) is 0 Å². The largest absolute Gasteiger partial charge is 0.481 e. The van der Waals surface area contributed by atoms with Gasteiger partial charge in [-0.1, -0.05) is 0 Å². The number of aliphatic carboxylic acids is 1. The zero-order chi connectivity index (χ0) is 19.2. The Morgan fingerprint density at radius 3 is 1.25 bits per heavy atom. The highest BCUT2D eigenvalue weighted by Crippen LogP contribution is 2.16. The number of carbonyl (C=O) groups is 1. The van der Waals surface area contributed by atoms with Crippen molar-refractivity contribution in [1.29, 1.82) is 0 Å². The van der Waals surface area contributed by atoms with Crippen molar-refractivity contribution in [2.75, 3.05) is 52.9 Å². The van der Waals surface area contributed by atoms with Crippen LogP contribution in [0.15, 0.2) is 12.0 Å². The van der Waals surface area contributed by atoms with Crippen LogP contribution in [0.5, 0.6) is 0 Å². The van der Waals surface area contributed by atoms with Crippen molar-refractivity contribution in [1.82, 2.24) is 0 Å². The van der Waals surface area contributed by atoms with Crippen LogP contribution in [0.2, 0.25) is 0 Å². The third kappa shape index (κ3) is 8.98. The summed E-state index contributed by atoms with van der Waals surface area (Å²) in [5.41, 5.74) is -2.42. The molecule has 0 aliphatic heterocycles. The van der Waals surface area contributed by atoms with Crippen LogP contribution in [0, 0.1) is 10.8 Å². The van der Waals surface area contributed by atoms with Crippen LogP contribution in [-0.4, -0.2) is 105 Å². The Labute approximate surface area is 138 Å². The second-order valence-corrected chi connectivity index (χ2v) is 5.22. The minimum Gasteiger partial charge on any atom is -0.481 e. The number of carboxylic acid groups (broad SMARTS) is 1. The summed E-state index contributed by atoms with van der Waals surface area (Å²) in [6, 6.07) is 0. The zero-order valence-corrected chi connectivity index (χ0v) is 13.1. The molecule has 0 aliphatic carbocycles. The molecule has 0 radical (unpaired) electrons. The molecule has 0 saturated heterocycles. The number of hydrogen-bond donors (Lipinski definition) is 9. The molecule has 0 fully saturated rings. The fraction of sp³-hybridized carbons (Fsp3) is 0.769. The molecule has 0 aromatic heterocycles. The molecule has 9 N–H and O–H groups in total. The van der Waals surface area contributed by atoms with Crippen molar-refractivity contribution in [3.63, 3.8) is 0 Å². The molecule has 0 atom stereocenters. The smallest absolute Gasteiger partial charge is 0.335 e. The minimum absolute atomic E-state index is 0.397. The average molecular weight is 358 g/mol. The van der Waals surface area contributed by atoms with Crippen molar-refractivity contribution < 1.29 is 55.5 Å². The Morgan fingerprint density at radius 1 is 0.708 bits per heavy atom. The molecular formula is C13H26O11. The average Bonchev–Trinajstić information content (AvgIpc) is 2.59. The molecule has 144 valence electrons. The molecule has 0 unspecified atom stereocenters. The molecule has 0 saturated carbocycles. The molecule has 0 heterocycles. The molecule has 0 bridgehead atoms. The Morgan fingerprint density at radius 2 is 1.04 bits per heavy atom. The number of carboxylic acids is 1. The van der Waals surface area contributed by atoms with Crippen LogP contribution in [0.25, 0.3) is 0 Å². The maximum absolute atomic E-state index is 10.1. The number of ether oxygens (including phenoxy) is 1. The topological polar surface area (TPSA) is 208 Å². The van der Waals surface area contributed by atoms with E-state index in [9.17, 15) is 4.79 Å². The summed E-state index contributed by atoms with van der Waals surface area (Å²) in [4.78, 5) is 10.1. The lowest BCUT2D eigenvalue weighted by Gasteiger charge is -2.26. The first-order valence-corrected chi connectivity index (χ1v) is 6.76. The van der Waals surface area contributed by atoms with Crippen LogP contribution >= 0.6 is 0 Å². The highest BCUT2D eigenvalue weighted by molar-refractivity contribution is 5.79. The van der Waals surface area contributed by atoms with Gasteiger partial charge in [0.15, 0.2) is 0 Å². The van der Waals surface area contributed by atoms with Crippen LogP contribution in [0.1, 0.15) is 0 Å². The van der Waals surface area contributed by atoms with E-state index in [-0.39, 0.29) is 0 Å². The van der Waals surface area contributed by atoms with Gasteiger partial charge < -0.3 is 50.7 Å². The highest BCUT2D eigenvalue weighted by atomic mass is 16.6. The Bertz CT molecular complexity index is 335. The summed E-state index contributed by atoms with van der Waals surface area (Å²) in [6.07, 6.45) is 0.414. The van der Waals surface area contributed by atoms with Gasteiger partial charge in [0, 0.05) is 0 Å². The monoisotopic (exact) mass is 358 g/mol. The summed E-state index contributed by atoms with van der Waals surface area (Å²) < 4.78 is 4.55. The van der Waals surface area contributed by atoms with Gasteiger partial charge in [-0.25, -0.2) is 4.79 Å². The van der Waals surface area contributed by atoms with Gasteiger partial charge in [0.2, 0.25) is 0 Å². The highest BCUT2D eigenvalue weighted by Gasteiger charge is 2.29. The van der Waals surface area contributed by atoms with E-state index in [1.807, 2.05) is 0 Å². The summed E-state index contributed by atoms with van der Waals surface area (Å²) in [6.45, 7) is -3.69. The zero-order valence-electron chi connectivity index (χ0n) is 13.1. The van der Waals surface area contributed by atoms with Crippen LogP contribution in [0.4, 0.5) is 0 Å². The first-order chi connectivity index (χ1) is 11.2. The lowest BCUT2D eigenvalue weighted by molar-refractivity contribution is -0.132. The second kappa shape index (κ2) is 12.9. The van der Waals surface area contributed by atoms with Crippen LogP contribution < -0.4 is 0 Å². The van der Waals surface area contributed by atoms with Crippen LogP contribution in [-0.2, 0) is 9.53 Å². The molecule has 11 nitrogen and oxygen atoms in total. The Balaban J connectivity index is 0. The first-order valence-electron chi connectivity index (χ1n) is 6.76. The van der Waals surface area contributed by atoms with Crippen molar-refractivity contribution in [2.45, 2.75) is 0 Å². The maximum Gasteiger partial charge on any atom is 0.335 e. The molecular weight excluding hydrogens is 332 g/mol. The summed E-state index contributed by atoms with van der Waals surface area (Å²) >= 11 is 0. The summed E-state index contributed by atoms with van der Waals surface area (Å²) in [5.74, 6) is -2.25. The maximum atomic E-state index is 10.1. The third-order valence-corrected chi connectivity index (χ3v) is 3.12. The molecule has 0 aliphatic rings. The fourth-order valence-corrected chi connectivity index (χ4v) is 0.961. The van der Waals surface area contributed by atoms with E-state index < -0.39 is 75.6 Å². The van der Waals surface area contributed by atoms with E-state index in [1.54, 1.807) is 0 Å². The van der Waals surface area contributed by atoms with Gasteiger partial charge in [0.1, 0.15) is 12.7 Å². The normalized spacial score (nSPS) is 12.4. The quantitative estimate of drug-likeness (QED) is 0.130. The van der Waals surface area contributed by atoms with Gasteiger partial charge in [-0.05, 0) is 0 Å². The standard InChI is InChI=1S/C8H14O7.C5H12O4/c9-2-8(3-10,4-11)5-15-7(14)1-6(12)13;6-1-5(2-7,3-8)4-9/h1,9-11,14H,2-5H2,(H,12,13);6-9H,1-4H2. The second-order valence-electron chi connectivity index (χ2n) is 5.22. The predicted molar refractivity (Wildman–Crippen MR) is 78.8 cm³/mol. The minimum atomic E-state index is -1.39.